The van der Waals surface area contributed by atoms with E-state index < -0.39 is 0 Å². The maximum Gasteiger partial charge on any atom is 0.0693 e. The maximum atomic E-state index is 10.1. The standard InChI is InChI=1S/C18H36N2O/c1-5-7-19-17-10-13(2)9-15(4)16(17)11-20-8-6-14(3)18(21)12-20/h13-19,21H,5-12H2,1-4H3. The number of nitrogens with one attached hydrogen (secondary N) is 1. The second kappa shape index (κ2) is 7.94. The lowest BCUT2D eigenvalue weighted by Gasteiger charge is -2.44. The van der Waals surface area contributed by atoms with Crippen LogP contribution in [0.4, 0.5) is 0 Å². The van der Waals surface area contributed by atoms with Crippen molar-refractivity contribution in [3.05, 3.63) is 0 Å². The van der Waals surface area contributed by atoms with E-state index in [1.165, 1.54) is 25.8 Å². The highest BCUT2D eigenvalue weighted by atomic mass is 16.3. The van der Waals surface area contributed by atoms with Crippen LogP contribution in [0.15, 0.2) is 0 Å². The summed E-state index contributed by atoms with van der Waals surface area (Å²) >= 11 is 0. The predicted molar refractivity (Wildman–Crippen MR) is 89.4 cm³/mol. The zero-order valence-corrected chi connectivity index (χ0v) is 14.5. The number of aliphatic hydroxyl groups excluding tert-OH is 1. The Morgan fingerprint density at radius 3 is 2.57 bits per heavy atom. The lowest BCUT2D eigenvalue weighted by Crippen LogP contribution is -2.52. The molecule has 1 saturated heterocycles. The van der Waals surface area contributed by atoms with E-state index in [0.717, 1.165) is 43.8 Å². The monoisotopic (exact) mass is 296 g/mol. The Morgan fingerprint density at radius 1 is 1.14 bits per heavy atom. The number of aliphatic hydroxyl groups is 1. The average molecular weight is 296 g/mol. The lowest BCUT2D eigenvalue weighted by molar-refractivity contribution is 0.00812. The maximum absolute atomic E-state index is 10.1. The minimum Gasteiger partial charge on any atom is -0.392 e. The SMILES string of the molecule is CCCNC1CC(C)CC(C)C1CN1CCC(C)C(O)C1. The first-order valence-electron chi connectivity index (χ1n) is 9.15. The summed E-state index contributed by atoms with van der Waals surface area (Å²) in [4.78, 5) is 2.52. The van der Waals surface area contributed by atoms with Gasteiger partial charge in [-0.1, -0.05) is 27.7 Å². The summed E-state index contributed by atoms with van der Waals surface area (Å²) in [6.07, 6.45) is 4.92. The Bertz CT molecular complexity index is 310. The van der Waals surface area contributed by atoms with E-state index in [2.05, 4.69) is 37.9 Å². The van der Waals surface area contributed by atoms with Crippen molar-refractivity contribution >= 4 is 0 Å². The highest BCUT2D eigenvalue weighted by molar-refractivity contribution is 4.90. The predicted octanol–water partition coefficient (Wildman–Crippen LogP) is 2.74. The van der Waals surface area contributed by atoms with Crippen LogP contribution in [0.5, 0.6) is 0 Å². The molecular formula is C18H36N2O. The molecule has 21 heavy (non-hydrogen) atoms. The summed E-state index contributed by atoms with van der Waals surface area (Å²) in [5.74, 6) is 2.85. The molecule has 2 N–H and O–H groups in total. The first-order valence-corrected chi connectivity index (χ1v) is 9.15. The van der Waals surface area contributed by atoms with E-state index in [4.69, 9.17) is 0 Å². The molecular weight excluding hydrogens is 260 g/mol. The smallest absolute Gasteiger partial charge is 0.0693 e. The molecule has 124 valence electrons. The van der Waals surface area contributed by atoms with Crippen molar-refractivity contribution < 1.29 is 5.11 Å². The quantitative estimate of drug-likeness (QED) is 0.819. The summed E-state index contributed by atoms with van der Waals surface area (Å²) in [5, 5.41) is 13.9. The first kappa shape index (κ1) is 17.2. The molecule has 6 atom stereocenters. The summed E-state index contributed by atoms with van der Waals surface area (Å²) in [6, 6.07) is 0.667. The number of rotatable bonds is 5. The number of hydrogen-bond donors (Lipinski definition) is 2. The van der Waals surface area contributed by atoms with Crippen LogP contribution >= 0.6 is 0 Å². The molecule has 1 saturated carbocycles. The topological polar surface area (TPSA) is 35.5 Å². The van der Waals surface area contributed by atoms with Gasteiger partial charge in [-0.2, -0.15) is 0 Å². The molecule has 0 aromatic carbocycles. The normalized spacial score (nSPS) is 42.1. The minimum atomic E-state index is -0.126. The van der Waals surface area contributed by atoms with Crippen molar-refractivity contribution in [1.29, 1.82) is 0 Å². The Hall–Kier alpha value is -0.120. The molecule has 0 amide bonds. The molecule has 3 nitrogen and oxygen atoms in total. The molecule has 0 aromatic heterocycles. The fraction of sp³-hybridized carbons (Fsp3) is 1.00. The number of hydrogen-bond acceptors (Lipinski definition) is 3. The number of likely N-dealkylation sites (tertiary alicyclic amines) is 1. The van der Waals surface area contributed by atoms with Crippen LogP contribution in [0.1, 0.15) is 53.4 Å². The summed E-state index contributed by atoms with van der Waals surface area (Å²) in [7, 11) is 0. The zero-order valence-electron chi connectivity index (χ0n) is 14.5. The van der Waals surface area contributed by atoms with Crippen molar-refractivity contribution in [2.45, 2.75) is 65.5 Å². The van der Waals surface area contributed by atoms with Gasteiger partial charge in [-0.15, -0.1) is 0 Å². The Labute approximate surface area is 131 Å². The second-order valence-electron chi connectivity index (χ2n) is 7.87. The van der Waals surface area contributed by atoms with Crippen LogP contribution in [0.3, 0.4) is 0 Å². The van der Waals surface area contributed by atoms with Gasteiger partial charge in [0.25, 0.3) is 0 Å². The van der Waals surface area contributed by atoms with Crippen LogP contribution in [0.2, 0.25) is 0 Å². The van der Waals surface area contributed by atoms with Crippen molar-refractivity contribution in [3.63, 3.8) is 0 Å². The van der Waals surface area contributed by atoms with E-state index in [1.807, 2.05) is 0 Å². The third kappa shape index (κ3) is 4.67. The summed E-state index contributed by atoms with van der Waals surface area (Å²) < 4.78 is 0. The van der Waals surface area contributed by atoms with Gasteiger partial charge in [0, 0.05) is 19.1 Å². The lowest BCUT2D eigenvalue weighted by atomic mass is 9.72. The van der Waals surface area contributed by atoms with Crippen LogP contribution < -0.4 is 5.32 Å². The van der Waals surface area contributed by atoms with E-state index in [1.54, 1.807) is 0 Å². The molecule has 0 bridgehead atoms. The number of piperidine rings is 1. The van der Waals surface area contributed by atoms with Crippen LogP contribution in [-0.4, -0.2) is 48.3 Å². The molecule has 1 heterocycles. The first-order chi connectivity index (χ1) is 10.0. The second-order valence-corrected chi connectivity index (χ2v) is 7.87. The average Bonchev–Trinajstić information content (AvgIpc) is 2.43. The summed E-state index contributed by atoms with van der Waals surface area (Å²) in [6.45, 7) is 13.6. The molecule has 1 aliphatic carbocycles. The highest BCUT2D eigenvalue weighted by Gasteiger charge is 2.36. The van der Waals surface area contributed by atoms with Gasteiger partial charge < -0.3 is 15.3 Å². The third-order valence-electron chi connectivity index (χ3n) is 5.81. The van der Waals surface area contributed by atoms with Crippen molar-refractivity contribution in [2.75, 3.05) is 26.2 Å². The molecule has 0 aromatic rings. The van der Waals surface area contributed by atoms with E-state index in [0.29, 0.717) is 12.0 Å². The molecule has 2 rings (SSSR count). The van der Waals surface area contributed by atoms with Crippen molar-refractivity contribution in [1.82, 2.24) is 10.2 Å². The van der Waals surface area contributed by atoms with Crippen molar-refractivity contribution in [2.24, 2.45) is 23.7 Å². The fourth-order valence-corrected chi connectivity index (χ4v) is 4.36. The Morgan fingerprint density at radius 2 is 1.90 bits per heavy atom. The molecule has 6 unspecified atom stereocenters. The number of β-amino-alcohol motifs (C(OH)–C–C–N with tert-alkyl or cyclic N) is 1. The molecule has 1 aliphatic heterocycles. The van der Waals surface area contributed by atoms with E-state index in [-0.39, 0.29) is 6.10 Å². The van der Waals surface area contributed by atoms with E-state index in [9.17, 15) is 5.11 Å². The zero-order chi connectivity index (χ0) is 15.4. The molecule has 3 heteroatoms. The molecule has 2 fully saturated rings. The van der Waals surface area contributed by atoms with Crippen LogP contribution in [0.25, 0.3) is 0 Å². The van der Waals surface area contributed by atoms with Crippen LogP contribution in [0, 0.1) is 23.7 Å². The van der Waals surface area contributed by atoms with Gasteiger partial charge in [0.05, 0.1) is 6.10 Å². The number of nitrogens with zero attached hydrogens (tertiary/aromatic N) is 1. The Kier molecular flexibility index (Phi) is 6.51. The molecule has 2 aliphatic rings. The molecule has 0 radical (unpaired) electrons. The molecule has 0 spiro atoms. The van der Waals surface area contributed by atoms with Gasteiger partial charge in [-0.05, 0) is 62.4 Å². The Balaban J connectivity index is 1.93. The fourth-order valence-electron chi connectivity index (χ4n) is 4.36. The van der Waals surface area contributed by atoms with Gasteiger partial charge >= 0.3 is 0 Å². The van der Waals surface area contributed by atoms with Crippen LogP contribution in [-0.2, 0) is 0 Å². The summed E-state index contributed by atoms with van der Waals surface area (Å²) in [5.41, 5.74) is 0. The highest BCUT2D eigenvalue weighted by Crippen LogP contribution is 2.35. The largest absolute Gasteiger partial charge is 0.392 e. The third-order valence-corrected chi connectivity index (χ3v) is 5.81. The minimum absolute atomic E-state index is 0.126. The van der Waals surface area contributed by atoms with Gasteiger partial charge in [-0.25, -0.2) is 0 Å². The van der Waals surface area contributed by atoms with Gasteiger partial charge in [0.15, 0.2) is 0 Å². The van der Waals surface area contributed by atoms with Gasteiger partial charge in [0.1, 0.15) is 0 Å². The van der Waals surface area contributed by atoms with Gasteiger partial charge in [-0.3, -0.25) is 0 Å². The van der Waals surface area contributed by atoms with E-state index >= 15 is 0 Å². The van der Waals surface area contributed by atoms with Crippen molar-refractivity contribution in [3.8, 4) is 0 Å². The van der Waals surface area contributed by atoms with Gasteiger partial charge in [0.2, 0.25) is 0 Å².